The van der Waals surface area contributed by atoms with Crippen LogP contribution in [0, 0.1) is 5.92 Å². The van der Waals surface area contributed by atoms with E-state index in [0.717, 1.165) is 31.0 Å². The quantitative estimate of drug-likeness (QED) is 0.603. The van der Waals surface area contributed by atoms with Gasteiger partial charge in [-0.1, -0.05) is 31.4 Å². The molecule has 1 aromatic rings. The van der Waals surface area contributed by atoms with E-state index >= 15 is 0 Å². The molecule has 1 heterocycles. The maximum absolute atomic E-state index is 12.5. The van der Waals surface area contributed by atoms with Gasteiger partial charge in [0, 0.05) is 24.0 Å². The fourth-order valence-corrected chi connectivity index (χ4v) is 4.54. The lowest BCUT2D eigenvalue weighted by molar-refractivity contribution is -0.118. The highest BCUT2D eigenvalue weighted by Crippen LogP contribution is 2.24. The van der Waals surface area contributed by atoms with Gasteiger partial charge in [-0.2, -0.15) is 0 Å². The Morgan fingerprint density at radius 2 is 1.89 bits per heavy atom. The lowest BCUT2D eigenvalue weighted by Crippen LogP contribution is -2.36. The molecule has 7 heteroatoms. The van der Waals surface area contributed by atoms with Gasteiger partial charge >= 0.3 is 0 Å². The van der Waals surface area contributed by atoms with E-state index in [-0.39, 0.29) is 30.3 Å². The smallest absolute Gasteiger partial charge is 0.252 e. The van der Waals surface area contributed by atoms with E-state index in [1.165, 1.54) is 43.9 Å². The SMILES string of the molecule is Cl.O=C(CSc1ccccc1C(=O)NC1CCNC1)NCC1CCCCC1. The van der Waals surface area contributed by atoms with Crippen LogP contribution in [0.25, 0.3) is 0 Å². The van der Waals surface area contributed by atoms with Gasteiger partial charge < -0.3 is 16.0 Å². The Hall–Kier alpha value is -1.24. The highest BCUT2D eigenvalue weighted by molar-refractivity contribution is 8.00. The average molecular weight is 412 g/mol. The molecule has 3 rings (SSSR count). The van der Waals surface area contributed by atoms with Crippen molar-refractivity contribution in [3.05, 3.63) is 29.8 Å². The summed E-state index contributed by atoms with van der Waals surface area (Å²) in [6.45, 7) is 2.56. The summed E-state index contributed by atoms with van der Waals surface area (Å²) in [6, 6.07) is 7.73. The summed E-state index contributed by atoms with van der Waals surface area (Å²) in [5.74, 6) is 0.984. The van der Waals surface area contributed by atoms with Gasteiger partial charge in [0.25, 0.3) is 5.91 Å². The Morgan fingerprint density at radius 1 is 1.11 bits per heavy atom. The second-order valence-corrected chi connectivity index (χ2v) is 8.27. The second kappa shape index (κ2) is 11.6. The predicted molar refractivity (Wildman–Crippen MR) is 113 cm³/mol. The largest absolute Gasteiger partial charge is 0.355 e. The molecular weight excluding hydrogens is 382 g/mol. The van der Waals surface area contributed by atoms with Crippen molar-refractivity contribution in [2.24, 2.45) is 5.92 Å². The molecule has 2 fully saturated rings. The molecule has 2 aliphatic rings. The Kier molecular flexibility index (Phi) is 9.45. The van der Waals surface area contributed by atoms with Crippen LogP contribution in [0.2, 0.25) is 0 Å². The van der Waals surface area contributed by atoms with Crippen LogP contribution in [-0.2, 0) is 4.79 Å². The zero-order valence-corrected chi connectivity index (χ0v) is 17.3. The summed E-state index contributed by atoms with van der Waals surface area (Å²) in [4.78, 5) is 25.6. The summed E-state index contributed by atoms with van der Waals surface area (Å²) >= 11 is 1.44. The number of rotatable bonds is 7. The molecule has 150 valence electrons. The Bertz CT molecular complexity index is 617. The molecule has 0 radical (unpaired) electrons. The first kappa shape index (κ1) is 22.1. The van der Waals surface area contributed by atoms with E-state index < -0.39 is 0 Å². The van der Waals surface area contributed by atoms with Crippen LogP contribution < -0.4 is 16.0 Å². The molecule has 1 saturated heterocycles. The maximum Gasteiger partial charge on any atom is 0.252 e. The number of hydrogen-bond acceptors (Lipinski definition) is 4. The minimum Gasteiger partial charge on any atom is -0.355 e. The molecule has 1 aliphatic carbocycles. The number of carbonyl (C=O) groups is 2. The van der Waals surface area contributed by atoms with Crippen molar-refractivity contribution in [2.45, 2.75) is 49.5 Å². The molecule has 1 saturated carbocycles. The number of amides is 2. The van der Waals surface area contributed by atoms with E-state index in [1.54, 1.807) is 0 Å². The number of hydrogen-bond donors (Lipinski definition) is 3. The molecular formula is C20H30ClN3O2S. The third kappa shape index (κ3) is 7.01. The van der Waals surface area contributed by atoms with Crippen molar-refractivity contribution in [2.75, 3.05) is 25.4 Å². The minimum atomic E-state index is -0.0515. The first-order valence-electron chi connectivity index (χ1n) is 9.72. The van der Waals surface area contributed by atoms with Gasteiger partial charge in [-0.25, -0.2) is 0 Å². The first-order valence-corrected chi connectivity index (χ1v) is 10.7. The zero-order valence-electron chi connectivity index (χ0n) is 15.7. The first-order chi connectivity index (χ1) is 12.7. The Labute approximate surface area is 172 Å². The number of benzene rings is 1. The van der Waals surface area contributed by atoms with Crippen LogP contribution in [0.1, 0.15) is 48.9 Å². The second-order valence-electron chi connectivity index (χ2n) is 7.26. The molecule has 0 aromatic heterocycles. The summed E-state index contributed by atoms with van der Waals surface area (Å²) in [5, 5.41) is 9.39. The van der Waals surface area contributed by atoms with Crippen LogP contribution in [0.3, 0.4) is 0 Å². The van der Waals surface area contributed by atoms with Gasteiger partial charge in [0.05, 0.1) is 11.3 Å². The average Bonchev–Trinajstić information content (AvgIpc) is 3.18. The van der Waals surface area contributed by atoms with Crippen LogP contribution in [0.15, 0.2) is 29.2 Å². The van der Waals surface area contributed by atoms with E-state index in [0.29, 0.717) is 17.2 Å². The van der Waals surface area contributed by atoms with Crippen molar-refractivity contribution >= 4 is 36.0 Å². The molecule has 1 atom stereocenters. The van der Waals surface area contributed by atoms with Crippen LogP contribution >= 0.6 is 24.2 Å². The van der Waals surface area contributed by atoms with Crippen LogP contribution in [0.4, 0.5) is 0 Å². The summed E-state index contributed by atoms with van der Waals surface area (Å²) < 4.78 is 0. The van der Waals surface area contributed by atoms with Gasteiger partial charge in [-0.05, 0) is 43.9 Å². The van der Waals surface area contributed by atoms with Crippen LogP contribution in [-0.4, -0.2) is 43.2 Å². The highest BCUT2D eigenvalue weighted by atomic mass is 35.5. The number of carbonyl (C=O) groups excluding carboxylic acids is 2. The molecule has 2 amide bonds. The van der Waals surface area contributed by atoms with Gasteiger partial charge in [-0.3, -0.25) is 9.59 Å². The molecule has 0 spiro atoms. The van der Waals surface area contributed by atoms with Gasteiger partial charge in [0.2, 0.25) is 5.91 Å². The third-order valence-electron chi connectivity index (χ3n) is 5.20. The third-order valence-corrected chi connectivity index (χ3v) is 6.27. The molecule has 3 N–H and O–H groups in total. The number of nitrogens with one attached hydrogen (secondary N) is 3. The molecule has 5 nitrogen and oxygen atoms in total. The summed E-state index contributed by atoms with van der Waals surface area (Å²) in [6.07, 6.45) is 7.32. The van der Waals surface area contributed by atoms with Crippen molar-refractivity contribution in [1.29, 1.82) is 0 Å². The molecule has 27 heavy (non-hydrogen) atoms. The van der Waals surface area contributed by atoms with E-state index in [4.69, 9.17) is 0 Å². The topological polar surface area (TPSA) is 70.2 Å². The lowest BCUT2D eigenvalue weighted by Gasteiger charge is -2.21. The Morgan fingerprint density at radius 3 is 2.63 bits per heavy atom. The predicted octanol–water partition coefficient (Wildman–Crippen LogP) is 2.99. The van der Waals surface area contributed by atoms with Gasteiger partial charge in [0.15, 0.2) is 0 Å². The van der Waals surface area contributed by atoms with Crippen molar-refractivity contribution in [1.82, 2.24) is 16.0 Å². The summed E-state index contributed by atoms with van der Waals surface area (Å²) in [7, 11) is 0. The summed E-state index contributed by atoms with van der Waals surface area (Å²) in [5.41, 5.74) is 0.657. The number of halogens is 1. The molecule has 1 unspecified atom stereocenters. The van der Waals surface area contributed by atoms with E-state index in [9.17, 15) is 9.59 Å². The zero-order chi connectivity index (χ0) is 18.2. The van der Waals surface area contributed by atoms with Crippen molar-refractivity contribution in [3.63, 3.8) is 0 Å². The lowest BCUT2D eigenvalue weighted by atomic mass is 9.89. The standard InChI is InChI=1S/C20H29N3O2S.ClH/c24-19(22-12-15-6-2-1-3-7-15)14-26-18-9-5-4-8-17(18)20(25)23-16-10-11-21-13-16;/h4-5,8-9,15-16,21H,1-3,6-7,10-14H2,(H,22,24)(H,23,25);1H. The molecule has 0 bridgehead atoms. The number of thioether (sulfide) groups is 1. The fourth-order valence-electron chi connectivity index (χ4n) is 3.66. The molecule has 1 aliphatic heterocycles. The maximum atomic E-state index is 12.5. The van der Waals surface area contributed by atoms with Crippen LogP contribution in [0.5, 0.6) is 0 Å². The van der Waals surface area contributed by atoms with Gasteiger partial charge in [-0.15, -0.1) is 24.2 Å². The normalized spacial score (nSPS) is 19.9. The van der Waals surface area contributed by atoms with Crippen molar-refractivity contribution in [3.8, 4) is 0 Å². The highest BCUT2D eigenvalue weighted by Gasteiger charge is 2.20. The molecule has 1 aromatic carbocycles. The van der Waals surface area contributed by atoms with Gasteiger partial charge in [0.1, 0.15) is 0 Å². The monoisotopic (exact) mass is 411 g/mol. The van der Waals surface area contributed by atoms with E-state index in [1.807, 2.05) is 24.3 Å². The fraction of sp³-hybridized carbons (Fsp3) is 0.600. The van der Waals surface area contributed by atoms with E-state index in [2.05, 4.69) is 16.0 Å². The van der Waals surface area contributed by atoms with Crippen molar-refractivity contribution < 1.29 is 9.59 Å². The Balaban J connectivity index is 0.00000261. The minimum absolute atomic E-state index is 0.